The lowest BCUT2D eigenvalue weighted by molar-refractivity contribution is -0.143. The highest BCUT2D eigenvalue weighted by Crippen LogP contribution is 2.15. The molecule has 1 unspecified atom stereocenters. The first-order valence-electron chi connectivity index (χ1n) is 5.11. The minimum absolute atomic E-state index is 0.233. The van der Waals surface area contributed by atoms with Crippen LogP contribution in [0.15, 0.2) is 24.3 Å². The quantitative estimate of drug-likeness (QED) is 0.768. The molecule has 2 N–H and O–H groups in total. The van der Waals surface area contributed by atoms with E-state index in [2.05, 4.69) is 0 Å². The molecule has 0 aliphatic rings. The zero-order valence-corrected chi connectivity index (χ0v) is 9.19. The van der Waals surface area contributed by atoms with Gasteiger partial charge in [0.05, 0.1) is 13.0 Å². The average molecular weight is 207 g/mol. The van der Waals surface area contributed by atoms with Crippen LogP contribution in [-0.2, 0) is 9.53 Å². The molecule has 3 heteroatoms. The van der Waals surface area contributed by atoms with Crippen LogP contribution in [0.4, 0.5) is 0 Å². The summed E-state index contributed by atoms with van der Waals surface area (Å²) in [5, 5.41) is 0. The number of benzene rings is 1. The van der Waals surface area contributed by atoms with E-state index in [9.17, 15) is 4.79 Å². The van der Waals surface area contributed by atoms with Gasteiger partial charge in [-0.15, -0.1) is 0 Å². The van der Waals surface area contributed by atoms with Gasteiger partial charge in [-0.25, -0.2) is 0 Å². The van der Waals surface area contributed by atoms with E-state index < -0.39 is 0 Å². The lowest BCUT2D eigenvalue weighted by atomic mass is 10.0. The third kappa shape index (κ3) is 3.72. The van der Waals surface area contributed by atoms with Gasteiger partial charge < -0.3 is 10.5 Å². The van der Waals surface area contributed by atoms with Crippen molar-refractivity contribution in [2.24, 2.45) is 5.73 Å². The van der Waals surface area contributed by atoms with Crippen LogP contribution in [0.25, 0.3) is 0 Å². The summed E-state index contributed by atoms with van der Waals surface area (Å²) in [6.07, 6.45) is 0.233. The molecule has 0 aliphatic heterocycles. The first kappa shape index (κ1) is 11.7. The fraction of sp³-hybridized carbons (Fsp3) is 0.417. The molecule has 0 aliphatic carbocycles. The van der Waals surface area contributed by atoms with Gasteiger partial charge in [0.1, 0.15) is 0 Å². The molecule has 1 aromatic rings. The number of hydrogen-bond acceptors (Lipinski definition) is 3. The summed E-state index contributed by atoms with van der Waals surface area (Å²) in [7, 11) is 0. The van der Waals surface area contributed by atoms with Crippen LogP contribution >= 0.6 is 0 Å². The second-order valence-corrected chi connectivity index (χ2v) is 3.53. The van der Waals surface area contributed by atoms with Crippen molar-refractivity contribution in [1.29, 1.82) is 0 Å². The van der Waals surface area contributed by atoms with Gasteiger partial charge in [-0.2, -0.15) is 0 Å². The maximum absolute atomic E-state index is 11.2. The molecule has 1 aromatic carbocycles. The Labute approximate surface area is 90.2 Å². The largest absolute Gasteiger partial charge is 0.466 e. The molecular formula is C12H17NO2. The summed E-state index contributed by atoms with van der Waals surface area (Å²) in [6, 6.07) is 7.59. The van der Waals surface area contributed by atoms with Gasteiger partial charge in [-0.05, 0) is 19.4 Å². The molecule has 0 radical (unpaired) electrons. The van der Waals surface area contributed by atoms with Crippen molar-refractivity contribution in [3.05, 3.63) is 35.4 Å². The average Bonchev–Trinajstić information content (AvgIpc) is 2.18. The molecule has 0 aromatic heterocycles. The van der Waals surface area contributed by atoms with E-state index in [4.69, 9.17) is 10.5 Å². The summed E-state index contributed by atoms with van der Waals surface area (Å²) in [4.78, 5) is 11.2. The predicted molar refractivity (Wildman–Crippen MR) is 59.4 cm³/mol. The summed E-state index contributed by atoms with van der Waals surface area (Å²) >= 11 is 0. The van der Waals surface area contributed by atoms with Gasteiger partial charge in [0.25, 0.3) is 0 Å². The molecule has 0 spiro atoms. The van der Waals surface area contributed by atoms with Crippen molar-refractivity contribution < 1.29 is 9.53 Å². The molecule has 0 saturated heterocycles. The molecule has 0 saturated carbocycles. The Morgan fingerprint density at radius 1 is 1.40 bits per heavy atom. The Bertz CT molecular complexity index is 319. The Hall–Kier alpha value is -1.35. The standard InChI is InChI=1S/C12H17NO2/c1-3-15-12(14)8-11(13)10-6-4-9(2)5-7-10/h4-7,11H,3,8,13H2,1-2H3. The van der Waals surface area contributed by atoms with E-state index >= 15 is 0 Å². The van der Waals surface area contributed by atoms with Crippen molar-refractivity contribution >= 4 is 5.97 Å². The molecule has 0 bridgehead atoms. The molecule has 1 rings (SSSR count). The smallest absolute Gasteiger partial charge is 0.307 e. The minimum Gasteiger partial charge on any atom is -0.466 e. The molecule has 0 heterocycles. The first-order chi connectivity index (χ1) is 7.13. The maximum Gasteiger partial charge on any atom is 0.307 e. The zero-order valence-electron chi connectivity index (χ0n) is 9.19. The number of ether oxygens (including phenoxy) is 1. The first-order valence-corrected chi connectivity index (χ1v) is 5.11. The summed E-state index contributed by atoms with van der Waals surface area (Å²) < 4.78 is 4.84. The number of nitrogens with two attached hydrogens (primary N) is 1. The van der Waals surface area contributed by atoms with Gasteiger partial charge in [0, 0.05) is 6.04 Å². The van der Waals surface area contributed by atoms with E-state index in [-0.39, 0.29) is 18.4 Å². The number of esters is 1. The number of carbonyl (C=O) groups is 1. The molecule has 15 heavy (non-hydrogen) atoms. The van der Waals surface area contributed by atoms with E-state index in [0.29, 0.717) is 6.61 Å². The van der Waals surface area contributed by atoms with Crippen LogP contribution in [-0.4, -0.2) is 12.6 Å². The summed E-state index contributed by atoms with van der Waals surface area (Å²) in [5.41, 5.74) is 8.02. The molecule has 0 fully saturated rings. The minimum atomic E-state index is -0.273. The number of aryl methyl sites for hydroxylation is 1. The monoisotopic (exact) mass is 207 g/mol. The summed E-state index contributed by atoms with van der Waals surface area (Å²) in [6.45, 7) is 4.20. The molecule has 3 nitrogen and oxygen atoms in total. The second-order valence-electron chi connectivity index (χ2n) is 3.53. The van der Waals surface area contributed by atoms with E-state index in [1.165, 1.54) is 5.56 Å². The highest BCUT2D eigenvalue weighted by atomic mass is 16.5. The number of carbonyl (C=O) groups excluding carboxylic acids is 1. The lowest BCUT2D eigenvalue weighted by Crippen LogP contribution is -2.17. The zero-order chi connectivity index (χ0) is 11.3. The van der Waals surface area contributed by atoms with E-state index in [1.807, 2.05) is 31.2 Å². The summed E-state index contributed by atoms with van der Waals surface area (Å²) in [5.74, 6) is -0.245. The Morgan fingerprint density at radius 3 is 2.53 bits per heavy atom. The van der Waals surface area contributed by atoms with Crippen LogP contribution in [0.3, 0.4) is 0 Å². The van der Waals surface area contributed by atoms with Crippen molar-refractivity contribution in [2.45, 2.75) is 26.3 Å². The Kier molecular flexibility index (Phi) is 4.31. The van der Waals surface area contributed by atoms with Crippen molar-refractivity contribution in [2.75, 3.05) is 6.61 Å². The second kappa shape index (κ2) is 5.51. The van der Waals surface area contributed by atoms with Crippen molar-refractivity contribution in [3.63, 3.8) is 0 Å². The van der Waals surface area contributed by atoms with Crippen LogP contribution in [0.5, 0.6) is 0 Å². The van der Waals surface area contributed by atoms with E-state index in [1.54, 1.807) is 6.92 Å². The number of rotatable bonds is 4. The maximum atomic E-state index is 11.2. The third-order valence-electron chi connectivity index (χ3n) is 2.20. The van der Waals surface area contributed by atoms with Crippen LogP contribution in [0.1, 0.15) is 30.5 Å². The fourth-order valence-corrected chi connectivity index (χ4v) is 1.33. The van der Waals surface area contributed by atoms with Crippen LogP contribution in [0, 0.1) is 6.92 Å². The van der Waals surface area contributed by atoms with E-state index in [0.717, 1.165) is 5.56 Å². The molecule has 82 valence electrons. The van der Waals surface area contributed by atoms with Gasteiger partial charge in [0.15, 0.2) is 0 Å². The van der Waals surface area contributed by atoms with Crippen molar-refractivity contribution in [1.82, 2.24) is 0 Å². The molecular weight excluding hydrogens is 190 g/mol. The third-order valence-corrected chi connectivity index (χ3v) is 2.20. The Balaban J connectivity index is 2.57. The lowest BCUT2D eigenvalue weighted by Gasteiger charge is -2.11. The van der Waals surface area contributed by atoms with Gasteiger partial charge in [-0.3, -0.25) is 4.79 Å². The van der Waals surface area contributed by atoms with Crippen LogP contribution < -0.4 is 5.73 Å². The topological polar surface area (TPSA) is 52.3 Å². The van der Waals surface area contributed by atoms with Gasteiger partial charge in [0.2, 0.25) is 0 Å². The van der Waals surface area contributed by atoms with Gasteiger partial charge >= 0.3 is 5.97 Å². The van der Waals surface area contributed by atoms with Crippen LogP contribution in [0.2, 0.25) is 0 Å². The highest BCUT2D eigenvalue weighted by Gasteiger charge is 2.11. The molecule has 0 amide bonds. The highest BCUT2D eigenvalue weighted by molar-refractivity contribution is 5.70. The fourth-order valence-electron chi connectivity index (χ4n) is 1.33. The molecule has 1 atom stereocenters. The van der Waals surface area contributed by atoms with Gasteiger partial charge in [-0.1, -0.05) is 29.8 Å². The Morgan fingerprint density at radius 2 is 2.00 bits per heavy atom. The van der Waals surface area contributed by atoms with Crippen molar-refractivity contribution in [3.8, 4) is 0 Å². The SMILES string of the molecule is CCOC(=O)CC(N)c1ccc(C)cc1. The number of hydrogen-bond donors (Lipinski definition) is 1. The predicted octanol–water partition coefficient (Wildman–Crippen LogP) is 1.95. The normalized spacial score (nSPS) is 12.2.